The van der Waals surface area contributed by atoms with Crippen molar-refractivity contribution in [3.63, 3.8) is 0 Å². The molecular formula is C13H7BrF3O. The molecule has 0 fully saturated rings. The lowest BCUT2D eigenvalue weighted by Crippen LogP contribution is -2.07. The van der Waals surface area contributed by atoms with Crippen LogP contribution in [0.4, 0.5) is 13.2 Å². The number of ether oxygens (including phenoxy) is 1. The van der Waals surface area contributed by atoms with Gasteiger partial charge >= 0.3 is 6.18 Å². The maximum absolute atomic E-state index is 12.8. The summed E-state index contributed by atoms with van der Waals surface area (Å²) in [6, 6.07) is 12.8. The Balaban J connectivity index is 2.39. The lowest BCUT2D eigenvalue weighted by atomic mass is 10.2. The van der Waals surface area contributed by atoms with Gasteiger partial charge in [0.2, 0.25) is 0 Å². The Hall–Kier alpha value is -1.49. The molecule has 0 saturated heterocycles. The lowest BCUT2D eigenvalue weighted by Gasteiger charge is -2.13. The van der Waals surface area contributed by atoms with Crippen LogP contribution in [0.3, 0.4) is 0 Å². The van der Waals surface area contributed by atoms with Crippen molar-refractivity contribution in [2.24, 2.45) is 0 Å². The van der Waals surface area contributed by atoms with Crippen LogP contribution in [0, 0.1) is 6.07 Å². The topological polar surface area (TPSA) is 9.23 Å². The minimum atomic E-state index is -4.46. The van der Waals surface area contributed by atoms with Gasteiger partial charge < -0.3 is 4.74 Å². The SMILES string of the molecule is FC(F)(F)c1cc(Br)ccc1Oc1cc[c]cc1. The van der Waals surface area contributed by atoms with Gasteiger partial charge in [-0.05, 0) is 36.4 Å². The van der Waals surface area contributed by atoms with Gasteiger partial charge in [0.05, 0.1) is 5.56 Å². The van der Waals surface area contributed by atoms with Crippen LogP contribution in [0.15, 0.2) is 46.9 Å². The van der Waals surface area contributed by atoms with Crippen LogP contribution in [-0.4, -0.2) is 0 Å². The second kappa shape index (κ2) is 5.02. The van der Waals surface area contributed by atoms with Crippen LogP contribution in [-0.2, 0) is 6.18 Å². The van der Waals surface area contributed by atoms with E-state index in [4.69, 9.17) is 4.74 Å². The molecule has 0 N–H and O–H groups in total. The van der Waals surface area contributed by atoms with Crippen molar-refractivity contribution in [1.29, 1.82) is 0 Å². The Morgan fingerprint density at radius 1 is 1.06 bits per heavy atom. The third-order valence-electron chi connectivity index (χ3n) is 2.16. The number of benzene rings is 2. The maximum atomic E-state index is 12.8. The molecule has 93 valence electrons. The molecule has 0 unspecified atom stereocenters. The molecule has 2 aromatic rings. The molecule has 2 aromatic carbocycles. The highest BCUT2D eigenvalue weighted by Crippen LogP contribution is 2.39. The van der Waals surface area contributed by atoms with Gasteiger partial charge in [0.1, 0.15) is 11.5 Å². The van der Waals surface area contributed by atoms with E-state index in [0.29, 0.717) is 10.2 Å². The fourth-order valence-electron chi connectivity index (χ4n) is 1.38. The van der Waals surface area contributed by atoms with E-state index >= 15 is 0 Å². The van der Waals surface area contributed by atoms with Crippen molar-refractivity contribution in [2.45, 2.75) is 6.18 Å². The monoisotopic (exact) mass is 315 g/mol. The third kappa shape index (κ3) is 3.04. The molecule has 0 aliphatic carbocycles. The molecule has 0 atom stereocenters. The van der Waals surface area contributed by atoms with E-state index in [1.165, 1.54) is 12.1 Å². The van der Waals surface area contributed by atoms with Crippen LogP contribution < -0.4 is 4.74 Å². The van der Waals surface area contributed by atoms with Crippen molar-refractivity contribution in [1.82, 2.24) is 0 Å². The number of rotatable bonds is 2. The van der Waals surface area contributed by atoms with Crippen LogP contribution >= 0.6 is 15.9 Å². The van der Waals surface area contributed by atoms with E-state index in [0.717, 1.165) is 6.07 Å². The number of halogens is 4. The predicted molar refractivity (Wildman–Crippen MR) is 64.5 cm³/mol. The summed E-state index contributed by atoms with van der Waals surface area (Å²) in [5.74, 6) is 0.110. The highest BCUT2D eigenvalue weighted by atomic mass is 79.9. The van der Waals surface area contributed by atoms with Crippen molar-refractivity contribution < 1.29 is 17.9 Å². The first-order chi connectivity index (χ1) is 8.47. The van der Waals surface area contributed by atoms with Gasteiger partial charge in [0.15, 0.2) is 0 Å². The first-order valence-corrected chi connectivity index (χ1v) is 5.77. The maximum Gasteiger partial charge on any atom is 0.420 e. The molecule has 0 aliphatic heterocycles. The zero-order valence-corrected chi connectivity index (χ0v) is 10.5. The minimum absolute atomic E-state index is 0.225. The largest absolute Gasteiger partial charge is 0.457 e. The Kier molecular flexibility index (Phi) is 3.61. The van der Waals surface area contributed by atoms with E-state index in [-0.39, 0.29) is 5.75 Å². The summed E-state index contributed by atoms with van der Waals surface area (Å²) in [6.45, 7) is 0. The molecule has 2 rings (SSSR count). The second-order valence-electron chi connectivity index (χ2n) is 3.48. The van der Waals surface area contributed by atoms with E-state index in [9.17, 15) is 13.2 Å². The van der Waals surface area contributed by atoms with Crippen LogP contribution in [0.5, 0.6) is 11.5 Å². The average molecular weight is 316 g/mol. The average Bonchev–Trinajstić information content (AvgIpc) is 2.31. The van der Waals surface area contributed by atoms with E-state index < -0.39 is 11.7 Å². The molecule has 0 spiro atoms. The van der Waals surface area contributed by atoms with Gasteiger partial charge in [-0.15, -0.1) is 0 Å². The van der Waals surface area contributed by atoms with Gasteiger partial charge in [0, 0.05) is 4.47 Å². The summed E-state index contributed by atoms with van der Waals surface area (Å²) in [7, 11) is 0. The fourth-order valence-corrected chi connectivity index (χ4v) is 1.74. The van der Waals surface area contributed by atoms with Gasteiger partial charge in [-0.2, -0.15) is 13.2 Å². The predicted octanol–water partition coefficient (Wildman–Crippen LogP) is 5.06. The summed E-state index contributed by atoms with van der Waals surface area (Å²) in [4.78, 5) is 0. The molecule has 1 radical (unpaired) electrons. The molecule has 0 heterocycles. The van der Waals surface area contributed by atoms with Crippen LogP contribution in [0.25, 0.3) is 0 Å². The van der Waals surface area contributed by atoms with Crippen molar-refractivity contribution in [3.05, 3.63) is 58.6 Å². The molecule has 0 bridgehead atoms. The summed E-state index contributed by atoms with van der Waals surface area (Å²) in [6.07, 6.45) is -4.46. The molecular weight excluding hydrogens is 309 g/mol. The first-order valence-electron chi connectivity index (χ1n) is 4.97. The smallest absolute Gasteiger partial charge is 0.420 e. The summed E-state index contributed by atoms with van der Waals surface area (Å²) in [5, 5.41) is 0. The van der Waals surface area contributed by atoms with Crippen molar-refractivity contribution >= 4 is 15.9 Å². The number of hydrogen-bond donors (Lipinski definition) is 0. The van der Waals surface area contributed by atoms with Gasteiger partial charge in [-0.3, -0.25) is 0 Å². The normalized spacial score (nSPS) is 11.3. The fraction of sp³-hybridized carbons (Fsp3) is 0.0769. The van der Waals surface area contributed by atoms with Gasteiger partial charge in [-0.1, -0.05) is 28.1 Å². The zero-order chi connectivity index (χ0) is 13.2. The molecule has 5 heteroatoms. The molecule has 0 saturated carbocycles. The highest BCUT2D eigenvalue weighted by molar-refractivity contribution is 9.10. The Bertz CT molecular complexity index is 538. The lowest BCUT2D eigenvalue weighted by molar-refractivity contribution is -0.138. The molecule has 18 heavy (non-hydrogen) atoms. The van der Waals surface area contributed by atoms with Crippen LogP contribution in [0.2, 0.25) is 0 Å². The Labute approximate surface area is 110 Å². The molecule has 0 amide bonds. The second-order valence-corrected chi connectivity index (χ2v) is 4.39. The zero-order valence-electron chi connectivity index (χ0n) is 8.96. The Morgan fingerprint density at radius 3 is 2.33 bits per heavy atom. The summed E-state index contributed by atoms with van der Waals surface area (Å²) in [5.41, 5.74) is -0.815. The molecule has 1 nitrogen and oxygen atoms in total. The summed E-state index contributed by atoms with van der Waals surface area (Å²) >= 11 is 3.01. The van der Waals surface area contributed by atoms with E-state index in [1.54, 1.807) is 24.3 Å². The van der Waals surface area contributed by atoms with E-state index in [2.05, 4.69) is 22.0 Å². The quantitative estimate of drug-likeness (QED) is 0.752. The molecule has 0 aromatic heterocycles. The van der Waals surface area contributed by atoms with Gasteiger partial charge in [-0.25, -0.2) is 0 Å². The van der Waals surface area contributed by atoms with Gasteiger partial charge in [0.25, 0.3) is 0 Å². The number of alkyl halides is 3. The number of hydrogen-bond acceptors (Lipinski definition) is 1. The summed E-state index contributed by atoms with van der Waals surface area (Å²) < 4.78 is 44.1. The third-order valence-corrected chi connectivity index (χ3v) is 2.66. The Morgan fingerprint density at radius 2 is 1.72 bits per heavy atom. The van der Waals surface area contributed by atoms with Crippen molar-refractivity contribution in [3.8, 4) is 11.5 Å². The van der Waals surface area contributed by atoms with Crippen LogP contribution in [0.1, 0.15) is 5.56 Å². The minimum Gasteiger partial charge on any atom is -0.457 e. The first kappa shape index (κ1) is 13.0. The standard InChI is InChI=1S/C13H7BrF3O/c14-9-6-7-12(11(8-9)13(15,16)17)18-10-4-2-1-3-5-10/h2-8H. The van der Waals surface area contributed by atoms with E-state index in [1.807, 2.05) is 0 Å². The van der Waals surface area contributed by atoms with Crippen molar-refractivity contribution in [2.75, 3.05) is 0 Å². The highest BCUT2D eigenvalue weighted by Gasteiger charge is 2.34. The molecule has 0 aliphatic rings.